The number of aliphatic hydroxyl groups is 2. The Hall–Kier alpha value is -5.60. The van der Waals surface area contributed by atoms with Crippen molar-refractivity contribution in [2.45, 2.75) is 36.4 Å². The Labute approximate surface area is 246 Å². The second-order valence-electron chi connectivity index (χ2n) is 10.9. The van der Waals surface area contributed by atoms with Gasteiger partial charge in [-0.15, -0.1) is 0 Å². The van der Waals surface area contributed by atoms with Crippen LogP contribution in [0.5, 0.6) is 69.0 Å². The Morgan fingerprint density at radius 2 is 1.18 bits per heavy atom. The third-order valence-corrected chi connectivity index (χ3v) is 8.22. The Morgan fingerprint density at radius 1 is 0.614 bits per heavy atom. The van der Waals surface area contributed by atoms with E-state index < -0.39 is 81.8 Å². The second kappa shape index (κ2) is 8.95. The minimum Gasteiger partial charge on any atom is -0.508 e. The van der Waals surface area contributed by atoms with Crippen LogP contribution in [0.3, 0.4) is 0 Å². The van der Waals surface area contributed by atoms with Gasteiger partial charge < -0.3 is 70.4 Å². The molecule has 7 rings (SSSR count). The average molecular weight is 609 g/mol. The van der Waals surface area contributed by atoms with Gasteiger partial charge in [-0.25, -0.2) is 0 Å². The number of phenolic OH excluding ortho intramolecular Hbond substituents is 9. The van der Waals surface area contributed by atoms with E-state index in [4.69, 9.17) is 14.2 Å². The van der Waals surface area contributed by atoms with Gasteiger partial charge >= 0.3 is 5.79 Å². The van der Waals surface area contributed by atoms with E-state index in [1.807, 2.05) is 0 Å². The van der Waals surface area contributed by atoms with Gasteiger partial charge in [0.1, 0.15) is 40.6 Å². The lowest BCUT2D eigenvalue weighted by molar-refractivity contribution is -0.219. The summed E-state index contributed by atoms with van der Waals surface area (Å²) in [4.78, 5) is 0. The van der Waals surface area contributed by atoms with Gasteiger partial charge in [0.05, 0.1) is 12.0 Å². The molecule has 14 nitrogen and oxygen atoms in total. The molecule has 1 unspecified atom stereocenters. The highest BCUT2D eigenvalue weighted by Gasteiger charge is 2.60. The zero-order chi connectivity index (χ0) is 31.4. The van der Waals surface area contributed by atoms with Crippen molar-refractivity contribution >= 4 is 0 Å². The largest absolute Gasteiger partial charge is 0.508 e. The van der Waals surface area contributed by atoms with Crippen LogP contribution in [0.2, 0.25) is 0 Å². The molecule has 4 aromatic carbocycles. The SMILES string of the molecule is Oc1cc(O)c2c(c1)O[C@]1(c3cc(O)c(O)c(O)c3)Oc3cc(O)c4c(c3[C@H]2C1O)O[C@H](c1cc(O)c(O)c(O)c1)[C@H](O)C4. The van der Waals surface area contributed by atoms with Gasteiger partial charge in [0.15, 0.2) is 40.6 Å². The van der Waals surface area contributed by atoms with Crippen LogP contribution in [-0.2, 0) is 12.2 Å². The molecule has 0 spiro atoms. The summed E-state index contributed by atoms with van der Waals surface area (Å²) in [5.74, 6) is -9.88. The summed E-state index contributed by atoms with van der Waals surface area (Å²) in [7, 11) is 0. The number of hydrogen-bond donors (Lipinski definition) is 11. The quantitative estimate of drug-likeness (QED) is 0.146. The summed E-state index contributed by atoms with van der Waals surface area (Å²) in [6.45, 7) is 0. The number of rotatable bonds is 2. The van der Waals surface area contributed by atoms with Gasteiger partial charge in [-0.3, -0.25) is 0 Å². The summed E-state index contributed by atoms with van der Waals surface area (Å²) in [6, 6.07) is 7.40. The fourth-order valence-electron chi connectivity index (χ4n) is 6.23. The third-order valence-electron chi connectivity index (χ3n) is 8.22. The highest BCUT2D eigenvalue weighted by molar-refractivity contribution is 5.68. The Balaban J connectivity index is 1.48. The van der Waals surface area contributed by atoms with E-state index >= 15 is 0 Å². The number of phenols is 9. The van der Waals surface area contributed by atoms with Crippen LogP contribution in [0.4, 0.5) is 0 Å². The van der Waals surface area contributed by atoms with Gasteiger partial charge in [0, 0.05) is 52.4 Å². The van der Waals surface area contributed by atoms with Crippen molar-refractivity contribution in [2.75, 3.05) is 0 Å². The van der Waals surface area contributed by atoms with E-state index in [9.17, 15) is 56.2 Å². The maximum Gasteiger partial charge on any atom is 0.305 e. The molecular formula is C30H24O14. The molecule has 3 aliphatic heterocycles. The van der Waals surface area contributed by atoms with Gasteiger partial charge in [-0.1, -0.05) is 0 Å². The number of aliphatic hydroxyl groups excluding tert-OH is 2. The maximum atomic E-state index is 11.9. The minimum atomic E-state index is -2.30. The fraction of sp³-hybridized carbons (Fsp3) is 0.200. The molecule has 3 heterocycles. The Morgan fingerprint density at radius 3 is 1.80 bits per heavy atom. The summed E-state index contributed by atoms with van der Waals surface area (Å²) in [5, 5.41) is 116. The number of fused-ring (bicyclic) bond motifs is 8. The zero-order valence-corrected chi connectivity index (χ0v) is 22.2. The van der Waals surface area contributed by atoms with E-state index in [1.165, 1.54) is 6.07 Å². The Bertz CT molecular complexity index is 1840. The van der Waals surface area contributed by atoms with Crippen LogP contribution in [-0.4, -0.2) is 68.4 Å². The normalized spacial score (nSPS) is 24.6. The van der Waals surface area contributed by atoms with Crippen molar-refractivity contribution in [3.05, 3.63) is 70.3 Å². The molecule has 0 aliphatic carbocycles. The number of ether oxygens (including phenoxy) is 3. The summed E-state index contributed by atoms with van der Waals surface area (Å²) >= 11 is 0. The van der Waals surface area contributed by atoms with Crippen LogP contribution in [0.15, 0.2) is 42.5 Å². The molecule has 14 heteroatoms. The summed E-state index contributed by atoms with van der Waals surface area (Å²) < 4.78 is 18.4. The first kappa shape index (κ1) is 27.2. The van der Waals surface area contributed by atoms with E-state index in [0.717, 1.165) is 36.4 Å². The Kier molecular flexibility index (Phi) is 5.54. The minimum absolute atomic E-state index is 0.0261. The van der Waals surface area contributed by atoms with Crippen LogP contribution >= 0.6 is 0 Å². The lowest BCUT2D eigenvalue weighted by Gasteiger charge is -2.50. The average Bonchev–Trinajstić information content (AvgIpc) is 2.94. The maximum absolute atomic E-state index is 11.9. The first-order chi connectivity index (χ1) is 20.8. The molecule has 0 amide bonds. The third kappa shape index (κ3) is 3.61. The van der Waals surface area contributed by atoms with Gasteiger partial charge in [-0.2, -0.15) is 0 Å². The molecule has 0 saturated carbocycles. The monoisotopic (exact) mass is 608 g/mol. The number of aromatic hydroxyl groups is 9. The van der Waals surface area contributed by atoms with Crippen molar-refractivity contribution in [3.63, 3.8) is 0 Å². The topological polar surface area (TPSA) is 250 Å². The summed E-state index contributed by atoms with van der Waals surface area (Å²) in [5.41, 5.74) is -0.00268. The van der Waals surface area contributed by atoms with Crippen molar-refractivity contribution in [1.29, 1.82) is 0 Å². The molecule has 44 heavy (non-hydrogen) atoms. The molecule has 3 aliphatic rings. The molecule has 228 valence electrons. The van der Waals surface area contributed by atoms with Gasteiger partial charge in [0.2, 0.25) is 0 Å². The first-order valence-electron chi connectivity index (χ1n) is 13.2. The van der Waals surface area contributed by atoms with E-state index in [1.54, 1.807) is 0 Å². The molecule has 11 N–H and O–H groups in total. The van der Waals surface area contributed by atoms with Crippen LogP contribution in [0.25, 0.3) is 0 Å². The van der Waals surface area contributed by atoms with Crippen molar-refractivity contribution < 1.29 is 70.4 Å². The first-order valence-corrected chi connectivity index (χ1v) is 13.2. The van der Waals surface area contributed by atoms with E-state index in [-0.39, 0.29) is 51.5 Å². The van der Waals surface area contributed by atoms with Gasteiger partial charge in [-0.05, 0) is 24.3 Å². The van der Waals surface area contributed by atoms with Gasteiger partial charge in [0.25, 0.3) is 0 Å². The van der Waals surface area contributed by atoms with Crippen molar-refractivity contribution in [3.8, 4) is 69.0 Å². The van der Waals surface area contributed by atoms with Crippen LogP contribution in [0.1, 0.15) is 39.8 Å². The van der Waals surface area contributed by atoms with Crippen LogP contribution < -0.4 is 14.2 Å². The summed E-state index contributed by atoms with van der Waals surface area (Å²) in [6.07, 6.45) is -4.63. The second-order valence-corrected chi connectivity index (χ2v) is 10.9. The predicted octanol–water partition coefficient (Wildman–Crippen LogP) is 2.20. The predicted molar refractivity (Wildman–Crippen MR) is 145 cm³/mol. The number of hydrogen-bond acceptors (Lipinski definition) is 14. The molecule has 2 bridgehead atoms. The highest BCUT2D eigenvalue weighted by Crippen LogP contribution is 2.62. The fourth-order valence-corrected chi connectivity index (χ4v) is 6.23. The molecule has 5 atom stereocenters. The number of benzene rings is 4. The van der Waals surface area contributed by atoms with Crippen molar-refractivity contribution in [1.82, 2.24) is 0 Å². The van der Waals surface area contributed by atoms with E-state index in [0.29, 0.717) is 0 Å². The zero-order valence-electron chi connectivity index (χ0n) is 22.2. The molecule has 0 fully saturated rings. The van der Waals surface area contributed by atoms with E-state index in [2.05, 4.69) is 0 Å². The molecule has 0 aromatic heterocycles. The highest BCUT2D eigenvalue weighted by atomic mass is 16.7. The molecule has 4 aromatic rings. The molecular weight excluding hydrogens is 584 g/mol. The van der Waals surface area contributed by atoms with Crippen molar-refractivity contribution in [2.24, 2.45) is 0 Å². The smallest absolute Gasteiger partial charge is 0.305 e. The molecule has 0 radical (unpaired) electrons. The van der Waals surface area contributed by atoms with Crippen LogP contribution in [0, 0.1) is 0 Å². The lowest BCUT2D eigenvalue weighted by Crippen LogP contribution is -2.57. The lowest BCUT2D eigenvalue weighted by atomic mass is 9.74. The molecule has 0 saturated heterocycles. The standard InChI is InChI=1S/C30H24O14/c31-11-5-14(33)22-20(6-11)43-30(10-3-17(36)26(40)18(37)4-10)29(41)24(22)23-21(44-30)8-13(32)12-7-19(38)27(42-28(12)23)9-1-15(34)25(39)16(35)2-9/h1-6,8,19,24,27,29,31-41H,7H2/t19-,24+,27-,29?,30-/m1/s1.